The summed E-state index contributed by atoms with van der Waals surface area (Å²) in [5.41, 5.74) is -6.11. The van der Waals surface area contributed by atoms with Crippen LogP contribution in [-0.4, -0.2) is 25.5 Å². The fourth-order valence-corrected chi connectivity index (χ4v) is 4.16. The zero-order valence-electron chi connectivity index (χ0n) is 12.0. The number of allylic oxidation sites excluding steroid dienone is 1. The summed E-state index contributed by atoms with van der Waals surface area (Å²) in [5.74, 6) is 0. The molecule has 124 valence electrons. The molecule has 0 fully saturated rings. The zero-order chi connectivity index (χ0) is 17.4. The van der Waals surface area contributed by atoms with E-state index in [1.807, 2.05) is 13.1 Å². The summed E-state index contributed by atoms with van der Waals surface area (Å²) in [6.45, 7) is 7.43. The summed E-state index contributed by atoms with van der Waals surface area (Å²) in [4.78, 5) is 0. The quantitative estimate of drug-likeness (QED) is 0.496. The third-order valence-corrected chi connectivity index (χ3v) is 6.76. The van der Waals surface area contributed by atoms with Crippen LogP contribution in [-0.2, 0) is 5.60 Å². The van der Waals surface area contributed by atoms with Crippen LogP contribution in [0.4, 0.5) is 26.3 Å². The first kappa shape index (κ1) is 18.8. The number of aliphatic hydroxyl groups is 1. The molecular weight excluding hydrogens is 326 g/mol. The first-order valence-electron chi connectivity index (χ1n) is 6.35. The molecule has 1 aromatic rings. The summed E-state index contributed by atoms with van der Waals surface area (Å²) < 4.78 is 76.6. The van der Waals surface area contributed by atoms with Gasteiger partial charge in [0.25, 0.3) is 5.60 Å². The smallest absolute Gasteiger partial charge is 0.369 e. The Hall–Kier alpha value is -1.28. The number of halogens is 6. The summed E-state index contributed by atoms with van der Waals surface area (Å²) in [6.07, 6.45) is -10.1. The lowest BCUT2D eigenvalue weighted by atomic mass is 9.92. The summed E-state index contributed by atoms with van der Waals surface area (Å²) >= 11 is 0. The van der Waals surface area contributed by atoms with Crippen LogP contribution in [0.2, 0.25) is 19.1 Å². The molecule has 0 saturated carbocycles. The molecule has 0 aromatic heterocycles. The Morgan fingerprint density at radius 3 is 1.73 bits per heavy atom. The maximum absolute atomic E-state index is 12.8. The van der Waals surface area contributed by atoms with E-state index < -0.39 is 31.6 Å². The zero-order valence-corrected chi connectivity index (χ0v) is 13.0. The fraction of sp³-hybridized carbons (Fsp3) is 0.429. The van der Waals surface area contributed by atoms with Gasteiger partial charge in [-0.2, -0.15) is 26.3 Å². The second kappa shape index (κ2) is 5.73. The van der Waals surface area contributed by atoms with Gasteiger partial charge < -0.3 is 5.11 Å². The summed E-state index contributed by atoms with van der Waals surface area (Å²) in [5, 5.41) is 9.98. The van der Waals surface area contributed by atoms with Crippen LogP contribution in [0.1, 0.15) is 5.56 Å². The van der Waals surface area contributed by atoms with Gasteiger partial charge in [0.05, 0.1) is 8.07 Å². The van der Waals surface area contributed by atoms with Gasteiger partial charge >= 0.3 is 12.4 Å². The largest absolute Gasteiger partial charge is 0.430 e. The lowest BCUT2D eigenvalue weighted by Gasteiger charge is -2.33. The standard InChI is InChI=1S/C14H16F6OSi/c1-4-9-22(2,3)11-7-5-10(6-8-11)12(21,13(15,16)17)14(18,19)20/h4-8,21H,1,9H2,2-3H3. The van der Waals surface area contributed by atoms with Crippen molar-refractivity contribution in [2.75, 3.05) is 0 Å². The topological polar surface area (TPSA) is 20.2 Å². The SMILES string of the molecule is C=CC[Si](C)(C)c1ccc(C(O)(C(F)(F)F)C(F)(F)F)cc1. The maximum Gasteiger partial charge on any atom is 0.430 e. The number of benzene rings is 1. The maximum atomic E-state index is 12.8. The minimum atomic E-state index is -5.86. The number of hydrogen-bond acceptors (Lipinski definition) is 1. The van der Waals surface area contributed by atoms with E-state index in [4.69, 9.17) is 0 Å². The fourth-order valence-electron chi connectivity index (χ4n) is 2.13. The Labute approximate surface area is 125 Å². The van der Waals surface area contributed by atoms with E-state index in [9.17, 15) is 31.4 Å². The van der Waals surface area contributed by atoms with Gasteiger partial charge in [0, 0.05) is 5.56 Å². The molecule has 22 heavy (non-hydrogen) atoms. The highest BCUT2D eigenvalue weighted by Gasteiger charge is 2.71. The highest BCUT2D eigenvalue weighted by atomic mass is 28.3. The molecule has 0 bridgehead atoms. The highest BCUT2D eigenvalue weighted by Crippen LogP contribution is 2.49. The van der Waals surface area contributed by atoms with Crippen molar-refractivity contribution in [1.82, 2.24) is 0 Å². The normalized spacial score (nSPS) is 14.0. The van der Waals surface area contributed by atoms with Crippen molar-refractivity contribution >= 4 is 13.3 Å². The number of hydrogen-bond donors (Lipinski definition) is 1. The average molecular weight is 342 g/mol. The minimum Gasteiger partial charge on any atom is -0.369 e. The van der Waals surface area contributed by atoms with Gasteiger partial charge in [0.2, 0.25) is 0 Å². The van der Waals surface area contributed by atoms with Gasteiger partial charge in [-0.15, -0.1) is 6.58 Å². The van der Waals surface area contributed by atoms with Gasteiger partial charge in [0.15, 0.2) is 0 Å². The van der Waals surface area contributed by atoms with Crippen molar-refractivity contribution in [3.8, 4) is 0 Å². The molecule has 0 aliphatic rings. The van der Waals surface area contributed by atoms with E-state index in [-0.39, 0.29) is 0 Å². The van der Waals surface area contributed by atoms with Crippen LogP contribution in [0.5, 0.6) is 0 Å². The summed E-state index contributed by atoms with van der Waals surface area (Å²) in [7, 11) is -2.02. The highest BCUT2D eigenvalue weighted by molar-refractivity contribution is 6.90. The molecule has 1 aromatic carbocycles. The molecule has 1 nitrogen and oxygen atoms in total. The van der Waals surface area contributed by atoms with Crippen LogP contribution in [0.15, 0.2) is 36.9 Å². The molecule has 0 radical (unpaired) electrons. The Morgan fingerprint density at radius 1 is 1.00 bits per heavy atom. The van der Waals surface area contributed by atoms with E-state index >= 15 is 0 Å². The van der Waals surface area contributed by atoms with Crippen molar-refractivity contribution in [2.45, 2.75) is 37.1 Å². The molecule has 0 aliphatic heterocycles. The van der Waals surface area contributed by atoms with Gasteiger partial charge in [-0.05, 0) is 6.04 Å². The Bertz CT molecular complexity index is 516. The minimum absolute atomic E-state index is 0.634. The van der Waals surface area contributed by atoms with Gasteiger partial charge in [-0.3, -0.25) is 0 Å². The molecule has 1 N–H and O–H groups in total. The van der Waals surface area contributed by atoms with Gasteiger partial charge in [0.1, 0.15) is 0 Å². The van der Waals surface area contributed by atoms with Crippen LogP contribution < -0.4 is 5.19 Å². The first-order chi connectivity index (χ1) is 9.77. The first-order valence-corrected chi connectivity index (χ1v) is 9.56. The van der Waals surface area contributed by atoms with Crippen molar-refractivity contribution in [3.63, 3.8) is 0 Å². The van der Waals surface area contributed by atoms with Crippen molar-refractivity contribution in [2.24, 2.45) is 0 Å². The molecule has 8 heteroatoms. The van der Waals surface area contributed by atoms with E-state index in [0.29, 0.717) is 23.4 Å². The lowest BCUT2D eigenvalue weighted by Crippen LogP contribution is -2.54. The van der Waals surface area contributed by atoms with E-state index in [1.165, 1.54) is 12.1 Å². The third kappa shape index (κ3) is 3.22. The number of rotatable bonds is 4. The molecule has 0 amide bonds. The van der Waals surface area contributed by atoms with Crippen LogP contribution in [0.3, 0.4) is 0 Å². The van der Waals surface area contributed by atoms with Crippen LogP contribution >= 0.6 is 0 Å². The molecule has 0 heterocycles. The molecule has 0 saturated heterocycles. The predicted octanol–water partition coefficient (Wildman–Crippen LogP) is 4.10. The Balaban J connectivity index is 3.35. The van der Waals surface area contributed by atoms with E-state index in [1.54, 1.807) is 6.08 Å². The van der Waals surface area contributed by atoms with E-state index in [2.05, 4.69) is 6.58 Å². The van der Waals surface area contributed by atoms with Crippen LogP contribution in [0.25, 0.3) is 0 Å². The molecular formula is C14H16F6OSi. The second-order valence-electron chi connectivity index (χ2n) is 5.66. The summed E-state index contributed by atoms with van der Waals surface area (Å²) in [6, 6.07) is 4.44. The van der Waals surface area contributed by atoms with Gasteiger partial charge in [-0.1, -0.05) is 48.6 Å². The molecule has 0 unspecified atom stereocenters. The Morgan fingerprint density at radius 2 is 1.41 bits per heavy atom. The second-order valence-corrected chi connectivity index (χ2v) is 10.4. The monoisotopic (exact) mass is 342 g/mol. The molecule has 0 aliphatic carbocycles. The molecule has 0 spiro atoms. The van der Waals surface area contributed by atoms with Crippen molar-refractivity contribution in [1.29, 1.82) is 0 Å². The van der Waals surface area contributed by atoms with Gasteiger partial charge in [-0.25, -0.2) is 0 Å². The number of alkyl halides is 6. The van der Waals surface area contributed by atoms with E-state index in [0.717, 1.165) is 0 Å². The molecule has 0 atom stereocenters. The van der Waals surface area contributed by atoms with Crippen LogP contribution in [0, 0.1) is 0 Å². The third-order valence-electron chi connectivity index (χ3n) is 3.56. The molecule has 1 rings (SSSR count). The lowest BCUT2D eigenvalue weighted by molar-refractivity contribution is -0.376. The Kier molecular flexibility index (Phi) is 4.89. The van der Waals surface area contributed by atoms with Crippen molar-refractivity contribution < 1.29 is 31.4 Å². The van der Waals surface area contributed by atoms with Crippen molar-refractivity contribution in [3.05, 3.63) is 42.5 Å². The predicted molar refractivity (Wildman–Crippen MR) is 74.6 cm³/mol. The average Bonchev–Trinajstić information content (AvgIpc) is 2.35.